The van der Waals surface area contributed by atoms with E-state index in [-0.39, 0.29) is 11.4 Å². The van der Waals surface area contributed by atoms with Crippen LogP contribution in [0.4, 0.5) is 13.2 Å². The Morgan fingerprint density at radius 1 is 0.711 bits per heavy atom. The van der Waals surface area contributed by atoms with Crippen molar-refractivity contribution in [2.75, 3.05) is 0 Å². The van der Waals surface area contributed by atoms with E-state index in [0.717, 1.165) is 67.4 Å². The van der Waals surface area contributed by atoms with Crippen LogP contribution in [0.1, 0.15) is 114 Å². The SMILES string of the molecule is C=CCCC1CCC(C2CC=C(c3ccc(-c4ccc(-c5ccc(CCCCCCCC)c(F)c5F)cc4)c(F)c3)CC2)CC1. The smallest absolute Gasteiger partial charge is 0.166 e. The van der Waals surface area contributed by atoms with Crippen LogP contribution in [0.2, 0.25) is 0 Å². The minimum Gasteiger partial charge on any atom is -0.206 e. The highest BCUT2D eigenvalue weighted by atomic mass is 19.2. The first-order chi connectivity index (χ1) is 22.0. The fraction of sp³-hybridized carbons (Fsp3) is 0.476. The molecule has 2 aliphatic rings. The highest BCUT2D eigenvalue weighted by molar-refractivity contribution is 5.74. The van der Waals surface area contributed by atoms with Crippen LogP contribution in [0.5, 0.6) is 0 Å². The van der Waals surface area contributed by atoms with Crippen molar-refractivity contribution in [3.8, 4) is 22.3 Å². The van der Waals surface area contributed by atoms with Crippen molar-refractivity contribution in [3.05, 3.63) is 102 Å². The molecule has 3 heteroatoms. The van der Waals surface area contributed by atoms with Crippen LogP contribution in [0, 0.1) is 35.2 Å². The lowest BCUT2D eigenvalue weighted by atomic mass is 9.70. The fourth-order valence-electron chi connectivity index (χ4n) is 7.73. The average Bonchev–Trinajstić information content (AvgIpc) is 3.08. The van der Waals surface area contributed by atoms with Crippen molar-refractivity contribution in [2.24, 2.45) is 17.8 Å². The van der Waals surface area contributed by atoms with Gasteiger partial charge in [-0.2, -0.15) is 0 Å². The maximum atomic E-state index is 15.4. The zero-order valence-corrected chi connectivity index (χ0v) is 27.2. The topological polar surface area (TPSA) is 0 Å². The van der Waals surface area contributed by atoms with Crippen LogP contribution in [-0.4, -0.2) is 0 Å². The van der Waals surface area contributed by atoms with Crippen molar-refractivity contribution in [1.29, 1.82) is 0 Å². The fourth-order valence-corrected chi connectivity index (χ4v) is 7.73. The van der Waals surface area contributed by atoms with Gasteiger partial charge in [0.2, 0.25) is 0 Å². The molecular formula is C42H51F3. The van der Waals surface area contributed by atoms with Crippen LogP contribution in [0.3, 0.4) is 0 Å². The summed E-state index contributed by atoms with van der Waals surface area (Å²) in [6.07, 6.45) is 22.8. The van der Waals surface area contributed by atoms with E-state index < -0.39 is 11.6 Å². The summed E-state index contributed by atoms with van der Waals surface area (Å²) in [4.78, 5) is 0. The van der Waals surface area contributed by atoms with Gasteiger partial charge in [0, 0.05) is 11.1 Å². The molecule has 240 valence electrons. The Bertz CT molecular complexity index is 1430. The van der Waals surface area contributed by atoms with E-state index >= 15 is 8.78 Å². The summed E-state index contributed by atoms with van der Waals surface area (Å²) in [6.45, 7) is 6.06. The average molecular weight is 613 g/mol. The standard InChI is InChI=1S/C42H51F3/c1-3-5-7-8-9-10-12-36-25-28-39(42(45)41(36)44)35-23-21-34(22-24-35)38-27-26-37(29-40(38)43)33-19-17-32(18-20-33)31-15-13-30(14-16-31)11-6-4-2/h4,19,21-32H,2-3,5-18,20H2,1H3. The second-order valence-electron chi connectivity index (χ2n) is 13.6. The molecule has 0 spiro atoms. The van der Waals surface area contributed by atoms with Crippen LogP contribution < -0.4 is 0 Å². The molecule has 3 aromatic rings. The minimum absolute atomic E-state index is 0.241. The Morgan fingerprint density at radius 2 is 1.38 bits per heavy atom. The summed E-state index contributed by atoms with van der Waals surface area (Å²) in [7, 11) is 0. The molecule has 0 heterocycles. The van der Waals surface area contributed by atoms with Crippen molar-refractivity contribution in [3.63, 3.8) is 0 Å². The molecule has 0 amide bonds. The number of hydrogen-bond donors (Lipinski definition) is 0. The minimum atomic E-state index is -0.805. The van der Waals surface area contributed by atoms with Gasteiger partial charge in [-0.3, -0.25) is 0 Å². The predicted molar refractivity (Wildman–Crippen MR) is 184 cm³/mol. The lowest BCUT2D eigenvalue weighted by Gasteiger charge is -2.35. The van der Waals surface area contributed by atoms with Crippen LogP contribution in [-0.2, 0) is 6.42 Å². The maximum Gasteiger partial charge on any atom is 0.166 e. The third-order valence-corrected chi connectivity index (χ3v) is 10.6. The molecule has 1 atom stereocenters. The molecule has 0 aromatic heterocycles. The highest BCUT2D eigenvalue weighted by Gasteiger charge is 2.28. The number of benzene rings is 3. The van der Waals surface area contributed by atoms with E-state index in [4.69, 9.17) is 0 Å². The second-order valence-corrected chi connectivity index (χ2v) is 13.6. The summed E-state index contributed by atoms with van der Waals surface area (Å²) < 4.78 is 45.4. The van der Waals surface area contributed by atoms with Gasteiger partial charge >= 0.3 is 0 Å². The summed E-state index contributed by atoms with van der Waals surface area (Å²) in [5.41, 5.74) is 4.74. The molecule has 5 rings (SSSR count). The number of allylic oxidation sites excluding steroid dienone is 3. The summed E-state index contributed by atoms with van der Waals surface area (Å²) in [5, 5.41) is 0. The number of halogens is 3. The quantitative estimate of drug-likeness (QED) is 0.125. The normalized spacial score (nSPS) is 20.2. The predicted octanol–water partition coefficient (Wildman–Crippen LogP) is 13.3. The first-order valence-electron chi connectivity index (χ1n) is 17.7. The molecule has 0 bridgehead atoms. The van der Waals surface area contributed by atoms with E-state index in [9.17, 15) is 4.39 Å². The largest absolute Gasteiger partial charge is 0.206 e. The molecule has 0 N–H and O–H groups in total. The number of hydrogen-bond acceptors (Lipinski definition) is 0. The Morgan fingerprint density at radius 3 is 2.04 bits per heavy atom. The van der Waals surface area contributed by atoms with Gasteiger partial charge in [-0.1, -0.05) is 113 Å². The van der Waals surface area contributed by atoms with E-state index in [0.29, 0.717) is 23.1 Å². The lowest BCUT2D eigenvalue weighted by Crippen LogP contribution is -2.23. The van der Waals surface area contributed by atoms with Gasteiger partial charge in [0.15, 0.2) is 11.6 Å². The van der Waals surface area contributed by atoms with Crippen LogP contribution >= 0.6 is 0 Å². The van der Waals surface area contributed by atoms with Gasteiger partial charge in [-0.15, -0.1) is 6.58 Å². The maximum absolute atomic E-state index is 15.4. The van der Waals surface area contributed by atoms with E-state index in [1.165, 1.54) is 63.4 Å². The molecular weight excluding hydrogens is 561 g/mol. The number of aryl methyl sites for hydroxylation is 1. The molecule has 0 saturated heterocycles. The number of rotatable bonds is 14. The van der Waals surface area contributed by atoms with Crippen LogP contribution in [0.15, 0.2) is 73.3 Å². The summed E-state index contributed by atoms with van der Waals surface area (Å²) >= 11 is 0. The molecule has 1 saturated carbocycles. The Balaban J connectivity index is 1.18. The Kier molecular flexibility index (Phi) is 12.2. The molecule has 45 heavy (non-hydrogen) atoms. The zero-order valence-electron chi connectivity index (χ0n) is 27.2. The van der Waals surface area contributed by atoms with Crippen LogP contribution in [0.25, 0.3) is 27.8 Å². The molecule has 1 unspecified atom stereocenters. The van der Waals surface area contributed by atoms with Crippen molar-refractivity contribution in [2.45, 2.75) is 110 Å². The monoisotopic (exact) mass is 612 g/mol. The van der Waals surface area contributed by atoms with E-state index in [2.05, 4.69) is 19.6 Å². The van der Waals surface area contributed by atoms with Gasteiger partial charge in [0.25, 0.3) is 0 Å². The first-order valence-corrected chi connectivity index (χ1v) is 17.7. The molecule has 0 aliphatic heterocycles. The van der Waals surface area contributed by atoms with Gasteiger partial charge in [0.1, 0.15) is 5.82 Å². The van der Waals surface area contributed by atoms with Gasteiger partial charge < -0.3 is 0 Å². The van der Waals surface area contributed by atoms with Gasteiger partial charge in [0.05, 0.1) is 0 Å². The van der Waals surface area contributed by atoms with Crippen molar-refractivity contribution < 1.29 is 13.2 Å². The van der Waals surface area contributed by atoms with E-state index in [1.807, 2.05) is 18.2 Å². The Hall–Kier alpha value is -3.07. The Labute approximate surface area is 269 Å². The molecule has 2 aliphatic carbocycles. The van der Waals surface area contributed by atoms with E-state index in [1.54, 1.807) is 42.5 Å². The first kappa shape index (κ1) is 33.3. The second kappa shape index (κ2) is 16.5. The molecule has 0 radical (unpaired) electrons. The summed E-state index contributed by atoms with van der Waals surface area (Å²) in [6, 6.07) is 16.0. The van der Waals surface area contributed by atoms with Crippen molar-refractivity contribution in [1.82, 2.24) is 0 Å². The summed E-state index contributed by atoms with van der Waals surface area (Å²) in [5.74, 6) is 0.659. The molecule has 0 nitrogen and oxygen atoms in total. The molecule has 3 aromatic carbocycles. The lowest BCUT2D eigenvalue weighted by molar-refractivity contribution is 0.190. The third kappa shape index (κ3) is 8.60. The van der Waals surface area contributed by atoms with Gasteiger partial charge in [-0.05, 0) is 109 Å². The highest BCUT2D eigenvalue weighted by Crippen LogP contribution is 2.42. The number of unbranched alkanes of at least 4 members (excludes halogenated alkanes) is 5. The zero-order chi connectivity index (χ0) is 31.6. The third-order valence-electron chi connectivity index (χ3n) is 10.6. The van der Waals surface area contributed by atoms with Crippen molar-refractivity contribution >= 4 is 5.57 Å². The van der Waals surface area contributed by atoms with Gasteiger partial charge in [-0.25, -0.2) is 13.2 Å². The molecule has 1 fully saturated rings.